The lowest BCUT2D eigenvalue weighted by atomic mass is 10.0. The summed E-state index contributed by atoms with van der Waals surface area (Å²) in [5.41, 5.74) is 0. The summed E-state index contributed by atoms with van der Waals surface area (Å²) in [5, 5.41) is 0. The molecule has 2 nitrogen and oxygen atoms in total. The predicted molar refractivity (Wildman–Crippen MR) is 47.0 cm³/mol. The minimum absolute atomic E-state index is 0.00102. The maximum absolute atomic E-state index is 12.4. The van der Waals surface area contributed by atoms with Crippen LogP contribution in [0, 0.1) is 5.92 Å². The Morgan fingerprint density at radius 1 is 1.46 bits per heavy atom. The Morgan fingerprint density at radius 3 is 2.62 bits per heavy atom. The third-order valence-electron chi connectivity index (χ3n) is 2.43. The molecule has 1 amide bonds. The molecule has 0 radical (unpaired) electrons. The summed E-state index contributed by atoms with van der Waals surface area (Å²) in [6.07, 6.45) is 0.853. The van der Waals surface area contributed by atoms with Gasteiger partial charge in [-0.3, -0.25) is 4.79 Å². The number of hydrogen-bond acceptors (Lipinski definition) is 2. The number of hydrogen-bond donors (Lipinski definition) is 0. The van der Waals surface area contributed by atoms with Crippen LogP contribution in [0.25, 0.3) is 0 Å². The summed E-state index contributed by atoms with van der Waals surface area (Å²) in [7, 11) is 0. The normalized spacial score (nSPS) is 31.5. The fourth-order valence-corrected chi connectivity index (χ4v) is 2.87. The van der Waals surface area contributed by atoms with Gasteiger partial charge in [0.15, 0.2) is 0 Å². The highest BCUT2D eigenvalue weighted by Crippen LogP contribution is 2.31. The average molecular weight is 207 g/mol. The molecule has 2 fully saturated rings. The Labute approximate surface area is 79.7 Å². The molecule has 0 aromatic rings. The van der Waals surface area contributed by atoms with Crippen LogP contribution in [0.5, 0.6) is 0 Å². The molecule has 0 saturated carbocycles. The third-order valence-corrected chi connectivity index (χ3v) is 3.60. The molecule has 2 aliphatic heterocycles. The molecule has 74 valence electrons. The first-order valence-corrected chi connectivity index (χ1v) is 5.48. The van der Waals surface area contributed by atoms with Crippen LogP contribution < -0.4 is 0 Å². The molecule has 0 aromatic carbocycles. The van der Waals surface area contributed by atoms with Crippen molar-refractivity contribution in [1.29, 1.82) is 0 Å². The van der Waals surface area contributed by atoms with E-state index in [4.69, 9.17) is 0 Å². The number of alkyl halides is 2. The second kappa shape index (κ2) is 3.12. The van der Waals surface area contributed by atoms with E-state index in [-0.39, 0.29) is 24.9 Å². The van der Waals surface area contributed by atoms with Gasteiger partial charge in [0.2, 0.25) is 5.91 Å². The van der Waals surface area contributed by atoms with E-state index in [1.54, 1.807) is 11.8 Å². The van der Waals surface area contributed by atoms with Gasteiger partial charge in [-0.1, -0.05) is 0 Å². The van der Waals surface area contributed by atoms with Gasteiger partial charge in [0.05, 0.1) is 13.1 Å². The van der Waals surface area contributed by atoms with Gasteiger partial charge in [-0.05, 0) is 12.2 Å². The number of halogens is 2. The predicted octanol–water partition coefficient (Wildman–Crippen LogP) is 1.22. The standard InChI is InChI=1S/C8H11F2NOS/c9-8(10)4-11(5-8)7(12)6-1-2-13-3-6/h6H,1-5H2. The highest BCUT2D eigenvalue weighted by Gasteiger charge is 2.47. The molecule has 0 spiro atoms. The summed E-state index contributed by atoms with van der Waals surface area (Å²) >= 11 is 1.73. The Balaban J connectivity index is 1.85. The summed E-state index contributed by atoms with van der Waals surface area (Å²) in [6.45, 7) is -0.736. The molecule has 0 N–H and O–H groups in total. The van der Waals surface area contributed by atoms with E-state index in [0.29, 0.717) is 0 Å². The molecule has 13 heavy (non-hydrogen) atoms. The number of likely N-dealkylation sites (tertiary alicyclic amines) is 1. The molecule has 2 aliphatic rings. The van der Waals surface area contributed by atoms with Crippen LogP contribution in [0.2, 0.25) is 0 Å². The molecular weight excluding hydrogens is 196 g/mol. The SMILES string of the molecule is O=C(C1CCSC1)N1CC(F)(F)C1. The largest absolute Gasteiger partial charge is 0.330 e. The lowest BCUT2D eigenvalue weighted by Gasteiger charge is -2.39. The van der Waals surface area contributed by atoms with Crippen LogP contribution in [-0.4, -0.2) is 41.3 Å². The van der Waals surface area contributed by atoms with Crippen molar-refractivity contribution >= 4 is 17.7 Å². The van der Waals surface area contributed by atoms with Crippen molar-refractivity contribution in [2.45, 2.75) is 12.3 Å². The number of carbonyl (C=O) groups excluding carboxylic acids is 1. The highest BCUT2D eigenvalue weighted by atomic mass is 32.2. The third kappa shape index (κ3) is 1.80. The first-order chi connectivity index (χ1) is 6.08. The van der Waals surface area contributed by atoms with E-state index >= 15 is 0 Å². The molecule has 5 heteroatoms. The average Bonchev–Trinajstić information content (AvgIpc) is 2.50. The van der Waals surface area contributed by atoms with Crippen molar-refractivity contribution in [3.63, 3.8) is 0 Å². The van der Waals surface area contributed by atoms with Gasteiger partial charge in [0, 0.05) is 11.7 Å². The lowest BCUT2D eigenvalue weighted by Crippen LogP contribution is -2.59. The van der Waals surface area contributed by atoms with E-state index in [2.05, 4.69) is 0 Å². The van der Waals surface area contributed by atoms with E-state index in [1.165, 1.54) is 4.90 Å². The number of thioether (sulfide) groups is 1. The number of amides is 1. The van der Waals surface area contributed by atoms with Crippen molar-refractivity contribution in [2.75, 3.05) is 24.6 Å². The lowest BCUT2D eigenvalue weighted by molar-refractivity contribution is -0.168. The Kier molecular flexibility index (Phi) is 2.21. The van der Waals surface area contributed by atoms with Gasteiger partial charge in [0.1, 0.15) is 0 Å². The maximum atomic E-state index is 12.4. The smallest absolute Gasteiger partial charge is 0.282 e. The fourth-order valence-electron chi connectivity index (χ4n) is 1.66. The molecule has 0 bridgehead atoms. The maximum Gasteiger partial charge on any atom is 0.282 e. The van der Waals surface area contributed by atoms with Crippen molar-refractivity contribution in [3.05, 3.63) is 0 Å². The minimum Gasteiger partial charge on any atom is -0.330 e. The van der Waals surface area contributed by atoms with Crippen LogP contribution in [0.4, 0.5) is 8.78 Å². The monoisotopic (exact) mass is 207 g/mol. The van der Waals surface area contributed by atoms with Gasteiger partial charge in [0.25, 0.3) is 5.92 Å². The van der Waals surface area contributed by atoms with Crippen LogP contribution in [-0.2, 0) is 4.79 Å². The first kappa shape index (κ1) is 9.24. The Hall–Kier alpha value is -0.320. The van der Waals surface area contributed by atoms with Gasteiger partial charge in [-0.15, -0.1) is 0 Å². The summed E-state index contributed by atoms with van der Waals surface area (Å²) in [6, 6.07) is 0. The molecule has 1 atom stereocenters. The second-order valence-corrected chi connectivity index (χ2v) is 4.76. The molecule has 1 unspecified atom stereocenters. The number of carbonyl (C=O) groups is 1. The Morgan fingerprint density at radius 2 is 2.15 bits per heavy atom. The highest BCUT2D eigenvalue weighted by molar-refractivity contribution is 7.99. The van der Waals surface area contributed by atoms with Gasteiger partial charge >= 0.3 is 0 Å². The molecule has 0 aliphatic carbocycles. The molecule has 0 aromatic heterocycles. The summed E-state index contributed by atoms with van der Waals surface area (Å²) in [5.74, 6) is -0.903. The zero-order valence-electron chi connectivity index (χ0n) is 7.13. The molecule has 2 saturated heterocycles. The van der Waals surface area contributed by atoms with Crippen LogP contribution in [0.15, 0.2) is 0 Å². The fraction of sp³-hybridized carbons (Fsp3) is 0.875. The number of nitrogens with zero attached hydrogens (tertiary/aromatic N) is 1. The molecule has 2 rings (SSSR count). The van der Waals surface area contributed by atoms with Gasteiger partial charge < -0.3 is 4.90 Å². The summed E-state index contributed by atoms with van der Waals surface area (Å²) in [4.78, 5) is 12.8. The van der Waals surface area contributed by atoms with E-state index in [9.17, 15) is 13.6 Å². The van der Waals surface area contributed by atoms with E-state index in [0.717, 1.165) is 17.9 Å². The molecular formula is C8H11F2NOS. The van der Waals surface area contributed by atoms with E-state index in [1.807, 2.05) is 0 Å². The number of rotatable bonds is 1. The second-order valence-electron chi connectivity index (χ2n) is 3.61. The van der Waals surface area contributed by atoms with Crippen LogP contribution in [0.3, 0.4) is 0 Å². The van der Waals surface area contributed by atoms with E-state index < -0.39 is 5.92 Å². The van der Waals surface area contributed by atoms with Crippen molar-refractivity contribution in [3.8, 4) is 0 Å². The minimum atomic E-state index is -2.62. The van der Waals surface area contributed by atoms with Crippen molar-refractivity contribution in [2.24, 2.45) is 5.92 Å². The topological polar surface area (TPSA) is 20.3 Å². The Bertz CT molecular complexity index is 220. The van der Waals surface area contributed by atoms with Crippen LogP contribution in [0.1, 0.15) is 6.42 Å². The van der Waals surface area contributed by atoms with Gasteiger partial charge in [-0.2, -0.15) is 11.8 Å². The van der Waals surface area contributed by atoms with Crippen molar-refractivity contribution < 1.29 is 13.6 Å². The zero-order valence-corrected chi connectivity index (χ0v) is 7.95. The first-order valence-electron chi connectivity index (χ1n) is 4.33. The van der Waals surface area contributed by atoms with Gasteiger partial charge in [-0.25, -0.2) is 8.78 Å². The zero-order chi connectivity index (χ0) is 9.47. The summed E-state index contributed by atoms with van der Waals surface area (Å²) < 4.78 is 24.9. The van der Waals surface area contributed by atoms with Crippen LogP contribution >= 0.6 is 11.8 Å². The molecule has 2 heterocycles. The van der Waals surface area contributed by atoms with Crippen molar-refractivity contribution in [1.82, 2.24) is 4.90 Å². The quantitative estimate of drug-likeness (QED) is 0.644.